The van der Waals surface area contributed by atoms with Crippen LogP contribution in [0.1, 0.15) is 0 Å². The van der Waals surface area contributed by atoms with Crippen molar-refractivity contribution in [2.24, 2.45) is 0 Å². The Morgan fingerprint density at radius 2 is 1.07 bits per heavy atom. The summed E-state index contributed by atoms with van der Waals surface area (Å²) in [4.78, 5) is 0. The number of para-hydroxylation sites is 4. The van der Waals surface area contributed by atoms with Gasteiger partial charge in [-0.1, -0.05) is 91.0 Å². The minimum atomic E-state index is -2.16. The molecular formula is C39H24BN3O. The highest BCUT2D eigenvalue weighted by atomic mass is 16.5. The average molecular weight is 561 g/mol. The van der Waals surface area contributed by atoms with Crippen LogP contribution in [0.25, 0.3) is 76.9 Å². The fraction of sp³-hybridized carbons (Fsp3) is 0. The summed E-state index contributed by atoms with van der Waals surface area (Å²) in [6.45, 7) is -2.16. The Bertz CT molecular complexity index is 2710. The molecule has 11 rings (SSSR count). The van der Waals surface area contributed by atoms with Crippen molar-refractivity contribution in [2.75, 3.05) is 0 Å². The molecule has 3 aromatic heterocycles. The second-order valence-corrected chi connectivity index (χ2v) is 12.1. The maximum atomic E-state index is 7.64. The molecule has 0 aliphatic carbocycles. The lowest BCUT2D eigenvalue weighted by molar-refractivity contribution is -0.542. The van der Waals surface area contributed by atoms with E-state index in [1.807, 2.05) is 0 Å². The summed E-state index contributed by atoms with van der Waals surface area (Å²) in [7, 11) is 0. The van der Waals surface area contributed by atoms with E-state index in [0.29, 0.717) is 0 Å². The van der Waals surface area contributed by atoms with Gasteiger partial charge in [-0.25, -0.2) is 0 Å². The first kappa shape index (κ1) is 22.7. The maximum Gasteiger partial charge on any atom is 0.687 e. The molecule has 204 valence electrons. The van der Waals surface area contributed by atoms with Crippen LogP contribution in [-0.4, -0.2) is 15.7 Å². The minimum absolute atomic E-state index is 0.834. The Balaban J connectivity index is 1.47. The lowest BCUT2D eigenvalue weighted by Gasteiger charge is -2.45. The predicted octanol–water partition coefficient (Wildman–Crippen LogP) is 8.76. The Labute approximate surface area is 252 Å². The van der Waals surface area contributed by atoms with Crippen LogP contribution in [0.2, 0.25) is 0 Å². The van der Waals surface area contributed by atoms with Gasteiger partial charge in [-0.3, -0.25) is 0 Å². The zero-order valence-electron chi connectivity index (χ0n) is 23.7. The van der Waals surface area contributed by atoms with Crippen molar-refractivity contribution in [3.05, 3.63) is 146 Å². The summed E-state index contributed by atoms with van der Waals surface area (Å²) in [5, 5.41) is 7.48. The number of pyridine rings is 1. The van der Waals surface area contributed by atoms with Crippen LogP contribution in [-0.2, 0) is 0 Å². The zero-order valence-corrected chi connectivity index (χ0v) is 23.7. The molecule has 1 unspecified atom stereocenters. The minimum Gasteiger partial charge on any atom is -0.619 e. The number of rotatable bonds is 2. The molecule has 2 aliphatic heterocycles. The van der Waals surface area contributed by atoms with Gasteiger partial charge in [0.1, 0.15) is 0 Å². The standard InChI is InChI=1S/C39H24BN3O/c1-2-12-26(13-3-1)44-40-41-34(30-17-8-16-29-28-15-6-7-20-33(28)42(40)38(29)30)21-10-22-35(41)31-18-9-19-32-37-27-14-5-4-11-25(27)23-24-36(37)43(40)39(31)32/h1-24H. The Kier molecular flexibility index (Phi) is 4.02. The third-order valence-corrected chi connectivity index (χ3v) is 10.1. The first-order valence-corrected chi connectivity index (χ1v) is 15.3. The molecule has 0 radical (unpaired) electrons. The van der Waals surface area contributed by atoms with Crippen LogP contribution in [0.5, 0.6) is 5.75 Å². The summed E-state index contributed by atoms with van der Waals surface area (Å²) in [5.41, 5.74) is 9.48. The van der Waals surface area contributed by atoms with Crippen LogP contribution in [0.4, 0.5) is 0 Å². The summed E-state index contributed by atoms with van der Waals surface area (Å²) < 4.78 is 15.2. The maximum absolute atomic E-state index is 7.64. The zero-order chi connectivity index (χ0) is 28.6. The Morgan fingerprint density at radius 3 is 1.89 bits per heavy atom. The summed E-state index contributed by atoms with van der Waals surface area (Å²) >= 11 is 0. The number of aromatic nitrogens is 3. The molecule has 2 aliphatic rings. The smallest absolute Gasteiger partial charge is 0.619 e. The van der Waals surface area contributed by atoms with Gasteiger partial charge in [0.25, 0.3) is 0 Å². The molecule has 0 saturated heterocycles. The molecule has 1 atom stereocenters. The second kappa shape index (κ2) is 7.77. The van der Waals surface area contributed by atoms with E-state index in [4.69, 9.17) is 4.65 Å². The highest BCUT2D eigenvalue weighted by Crippen LogP contribution is 2.48. The predicted molar refractivity (Wildman–Crippen MR) is 180 cm³/mol. The molecule has 5 heterocycles. The quantitative estimate of drug-likeness (QED) is 0.194. The molecule has 6 aromatic carbocycles. The fourth-order valence-corrected chi connectivity index (χ4v) is 8.54. The van der Waals surface area contributed by atoms with Crippen LogP contribution < -0.4 is 9.13 Å². The number of benzene rings is 6. The number of hydrogen-bond acceptors (Lipinski definition) is 1. The average Bonchev–Trinajstić information content (AvgIpc) is 3.62. The van der Waals surface area contributed by atoms with Crippen molar-refractivity contribution in [3.8, 4) is 28.3 Å². The molecule has 0 fully saturated rings. The van der Waals surface area contributed by atoms with E-state index in [1.165, 1.54) is 60.0 Å². The normalized spacial score (nSPS) is 16.3. The van der Waals surface area contributed by atoms with E-state index in [-0.39, 0.29) is 0 Å². The third kappa shape index (κ3) is 2.49. The van der Waals surface area contributed by atoms with Crippen LogP contribution in [0, 0.1) is 0 Å². The highest BCUT2D eigenvalue weighted by Gasteiger charge is 2.58. The van der Waals surface area contributed by atoms with Crippen molar-refractivity contribution < 1.29 is 9.13 Å². The first-order valence-electron chi connectivity index (χ1n) is 15.3. The van der Waals surface area contributed by atoms with Gasteiger partial charge in [0.15, 0.2) is 11.4 Å². The molecule has 0 spiro atoms. The fourth-order valence-electron chi connectivity index (χ4n) is 8.54. The van der Waals surface area contributed by atoms with Crippen LogP contribution >= 0.6 is 0 Å². The van der Waals surface area contributed by atoms with Crippen molar-refractivity contribution in [3.63, 3.8) is 0 Å². The second-order valence-electron chi connectivity index (χ2n) is 12.1. The molecule has 0 bridgehead atoms. The molecule has 0 saturated carbocycles. The molecule has 4 nitrogen and oxygen atoms in total. The molecule has 0 amide bonds. The lowest BCUT2D eigenvalue weighted by Crippen LogP contribution is -2.81. The van der Waals surface area contributed by atoms with Crippen molar-refractivity contribution in [2.45, 2.75) is 0 Å². The summed E-state index contributed by atoms with van der Waals surface area (Å²) in [6, 6.07) is 52.7. The first-order chi connectivity index (χ1) is 21.8. The van der Waals surface area contributed by atoms with Gasteiger partial charge < -0.3 is 18.1 Å². The van der Waals surface area contributed by atoms with Gasteiger partial charge in [-0.15, -0.1) is 0 Å². The molecular weight excluding hydrogens is 537 g/mol. The lowest BCUT2D eigenvalue weighted by atomic mass is 9.71. The van der Waals surface area contributed by atoms with Gasteiger partial charge >= 0.3 is 6.75 Å². The van der Waals surface area contributed by atoms with Crippen molar-refractivity contribution in [1.29, 1.82) is 0 Å². The molecule has 5 heteroatoms. The summed E-state index contributed by atoms with van der Waals surface area (Å²) in [5.74, 6) is 0.834. The Hall–Kier alpha value is -5.81. The van der Waals surface area contributed by atoms with Gasteiger partial charge in [-0.2, -0.15) is 0 Å². The van der Waals surface area contributed by atoms with E-state index in [0.717, 1.165) is 22.7 Å². The van der Waals surface area contributed by atoms with Gasteiger partial charge in [0.2, 0.25) is 0 Å². The van der Waals surface area contributed by atoms with E-state index in [2.05, 4.69) is 159 Å². The number of fused-ring (bicyclic) bond motifs is 12. The molecule has 0 N–H and O–H groups in total. The molecule has 44 heavy (non-hydrogen) atoms. The summed E-state index contributed by atoms with van der Waals surface area (Å²) in [6.07, 6.45) is 0. The number of nitrogens with zero attached hydrogens (tertiary/aromatic N) is 3. The van der Waals surface area contributed by atoms with E-state index in [9.17, 15) is 0 Å². The largest absolute Gasteiger partial charge is 0.687 e. The van der Waals surface area contributed by atoms with E-state index in [1.54, 1.807) is 0 Å². The number of hydrogen-bond donors (Lipinski definition) is 0. The topological polar surface area (TPSA) is 23.0 Å². The van der Waals surface area contributed by atoms with Crippen LogP contribution in [0.15, 0.2) is 146 Å². The SMILES string of the molecule is c1ccc(O[B-]23n4c5ccccc5c5cccc(c54)-c4cccc([n+]42)-c2cccc4c5c6ccccc6ccc5n3c24)cc1. The Morgan fingerprint density at radius 1 is 0.455 bits per heavy atom. The third-order valence-electron chi connectivity index (χ3n) is 10.1. The monoisotopic (exact) mass is 561 g/mol. The highest BCUT2D eigenvalue weighted by molar-refractivity contribution is 6.69. The van der Waals surface area contributed by atoms with Crippen LogP contribution in [0.3, 0.4) is 0 Å². The van der Waals surface area contributed by atoms with Crippen molar-refractivity contribution in [1.82, 2.24) is 8.96 Å². The van der Waals surface area contributed by atoms with E-state index >= 15 is 0 Å². The van der Waals surface area contributed by atoms with Gasteiger partial charge in [-0.05, 0) is 53.2 Å². The van der Waals surface area contributed by atoms with Gasteiger partial charge in [0.05, 0.1) is 16.9 Å². The van der Waals surface area contributed by atoms with Gasteiger partial charge in [0, 0.05) is 55.7 Å². The molecule has 9 aromatic rings. The van der Waals surface area contributed by atoms with Crippen molar-refractivity contribution >= 4 is 61.1 Å². The van der Waals surface area contributed by atoms with E-state index < -0.39 is 6.75 Å².